The van der Waals surface area contributed by atoms with Crippen molar-refractivity contribution in [3.05, 3.63) is 33.6 Å². The van der Waals surface area contributed by atoms with E-state index in [4.69, 9.17) is 0 Å². The zero-order chi connectivity index (χ0) is 11.7. The molecule has 0 bridgehead atoms. The zero-order valence-corrected chi connectivity index (χ0v) is 9.09. The predicted octanol–water partition coefficient (Wildman–Crippen LogP) is 1.61. The molecular weight excluding hydrogens is 208 g/mol. The Hall–Kier alpha value is -1.49. The summed E-state index contributed by atoms with van der Waals surface area (Å²) in [5.74, 6) is 0.308. The lowest BCUT2D eigenvalue weighted by molar-refractivity contribution is -0.386. The largest absolute Gasteiger partial charge is 0.392 e. The molecule has 1 saturated carbocycles. The van der Waals surface area contributed by atoms with Crippen LogP contribution in [0.4, 0.5) is 5.69 Å². The third-order valence-corrected chi connectivity index (χ3v) is 2.85. The average molecular weight is 222 g/mol. The van der Waals surface area contributed by atoms with E-state index >= 15 is 0 Å². The first-order valence-corrected chi connectivity index (χ1v) is 5.36. The van der Waals surface area contributed by atoms with Crippen LogP contribution in [0.15, 0.2) is 12.3 Å². The molecule has 0 saturated heterocycles. The minimum absolute atomic E-state index is 0.0136. The van der Waals surface area contributed by atoms with Gasteiger partial charge in [-0.25, -0.2) is 0 Å². The van der Waals surface area contributed by atoms with Crippen LogP contribution in [0.1, 0.15) is 24.1 Å². The number of aromatic nitrogens is 1. The van der Waals surface area contributed by atoms with Gasteiger partial charge in [-0.15, -0.1) is 0 Å². The van der Waals surface area contributed by atoms with Gasteiger partial charge in [-0.3, -0.25) is 15.1 Å². The Bertz CT molecular complexity index is 416. The maximum atomic E-state index is 10.8. The Morgan fingerprint density at radius 2 is 2.38 bits per heavy atom. The molecule has 1 aliphatic carbocycles. The summed E-state index contributed by atoms with van der Waals surface area (Å²) in [5, 5.41) is 20.6. The maximum Gasteiger partial charge on any atom is 0.291 e. The molecule has 1 heterocycles. The van der Waals surface area contributed by atoms with E-state index in [1.807, 2.05) is 0 Å². The number of hydrogen-bond donors (Lipinski definition) is 1. The van der Waals surface area contributed by atoms with Crippen molar-refractivity contribution in [2.75, 3.05) is 0 Å². The molecule has 1 unspecified atom stereocenters. The quantitative estimate of drug-likeness (QED) is 0.620. The number of aliphatic hydroxyl groups is 1. The highest BCUT2D eigenvalue weighted by Gasteiger charge is 2.31. The number of hydrogen-bond acceptors (Lipinski definition) is 4. The van der Waals surface area contributed by atoms with Crippen molar-refractivity contribution in [2.24, 2.45) is 5.92 Å². The molecule has 0 spiro atoms. The summed E-state index contributed by atoms with van der Waals surface area (Å²) in [4.78, 5) is 14.4. The summed E-state index contributed by atoms with van der Waals surface area (Å²) in [7, 11) is 0. The van der Waals surface area contributed by atoms with Crippen molar-refractivity contribution >= 4 is 5.69 Å². The van der Waals surface area contributed by atoms with Crippen LogP contribution in [0.2, 0.25) is 0 Å². The van der Waals surface area contributed by atoms with Crippen molar-refractivity contribution in [3.63, 3.8) is 0 Å². The standard InChI is InChI=1S/C11H14N2O3/c1-7-4-10(13(15)16)9(12-6-7)5-11(14)8-2-3-8/h4,6,8,11,14H,2-3,5H2,1H3. The van der Waals surface area contributed by atoms with Crippen LogP contribution in [0, 0.1) is 23.0 Å². The van der Waals surface area contributed by atoms with Crippen LogP contribution in [0.25, 0.3) is 0 Å². The van der Waals surface area contributed by atoms with E-state index in [1.165, 1.54) is 6.07 Å². The van der Waals surface area contributed by atoms with Crippen molar-refractivity contribution in [1.82, 2.24) is 4.98 Å². The van der Waals surface area contributed by atoms with Crippen LogP contribution in [0.3, 0.4) is 0 Å². The van der Waals surface area contributed by atoms with Crippen molar-refractivity contribution < 1.29 is 10.0 Å². The molecular formula is C11H14N2O3. The minimum atomic E-state index is -0.492. The third-order valence-electron chi connectivity index (χ3n) is 2.85. The molecule has 0 radical (unpaired) electrons. The van der Waals surface area contributed by atoms with Gasteiger partial charge in [0.05, 0.1) is 11.0 Å². The van der Waals surface area contributed by atoms with Crippen molar-refractivity contribution in [2.45, 2.75) is 32.3 Å². The second kappa shape index (κ2) is 4.17. The normalized spacial score (nSPS) is 17.1. The molecule has 1 aliphatic rings. The fourth-order valence-corrected chi connectivity index (χ4v) is 1.74. The highest BCUT2D eigenvalue weighted by atomic mass is 16.6. The second-order valence-electron chi connectivity index (χ2n) is 4.34. The van der Waals surface area contributed by atoms with E-state index in [0.717, 1.165) is 18.4 Å². The van der Waals surface area contributed by atoms with Crippen LogP contribution >= 0.6 is 0 Å². The highest BCUT2D eigenvalue weighted by molar-refractivity contribution is 5.38. The molecule has 86 valence electrons. The molecule has 0 aliphatic heterocycles. The van der Waals surface area contributed by atoms with Gasteiger partial charge in [-0.05, 0) is 31.2 Å². The van der Waals surface area contributed by atoms with Gasteiger partial charge in [0.2, 0.25) is 0 Å². The monoisotopic (exact) mass is 222 g/mol. The topological polar surface area (TPSA) is 76.3 Å². The van der Waals surface area contributed by atoms with Crippen LogP contribution < -0.4 is 0 Å². The fraction of sp³-hybridized carbons (Fsp3) is 0.545. The summed E-state index contributed by atoms with van der Waals surface area (Å²) >= 11 is 0. The smallest absolute Gasteiger partial charge is 0.291 e. The lowest BCUT2D eigenvalue weighted by atomic mass is 10.1. The van der Waals surface area contributed by atoms with E-state index in [1.54, 1.807) is 13.1 Å². The third kappa shape index (κ3) is 2.36. The molecule has 1 aromatic rings. The van der Waals surface area contributed by atoms with Crippen molar-refractivity contribution in [1.29, 1.82) is 0 Å². The van der Waals surface area contributed by atoms with Gasteiger partial charge >= 0.3 is 0 Å². The summed E-state index contributed by atoms with van der Waals surface area (Å²) in [6, 6.07) is 1.50. The molecule has 1 N–H and O–H groups in total. The first-order chi connectivity index (χ1) is 7.58. The molecule has 5 nitrogen and oxygen atoms in total. The zero-order valence-electron chi connectivity index (χ0n) is 9.09. The Morgan fingerprint density at radius 1 is 1.69 bits per heavy atom. The Kier molecular flexibility index (Phi) is 2.87. The summed E-state index contributed by atoms with van der Waals surface area (Å²) in [6.45, 7) is 1.76. The van der Waals surface area contributed by atoms with Crippen molar-refractivity contribution in [3.8, 4) is 0 Å². The number of nitro groups is 1. The average Bonchev–Trinajstić information content (AvgIpc) is 3.03. The molecule has 1 fully saturated rings. The van der Waals surface area contributed by atoms with E-state index in [9.17, 15) is 15.2 Å². The molecule has 1 aromatic heterocycles. The van der Waals surface area contributed by atoms with Gasteiger partial charge in [0, 0.05) is 18.7 Å². The van der Waals surface area contributed by atoms with E-state index in [-0.39, 0.29) is 12.1 Å². The number of aryl methyl sites for hydroxylation is 1. The van der Waals surface area contributed by atoms with Crippen LogP contribution in [0.5, 0.6) is 0 Å². The van der Waals surface area contributed by atoms with Crippen LogP contribution in [-0.2, 0) is 6.42 Å². The van der Waals surface area contributed by atoms with Gasteiger partial charge in [0.15, 0.2) is 0 Å². The van der Waals surface area contributed by atoms with Gasteiger partial charge in [-0.1, -0.05) is 0 Å². The van der Waals surface area contributed by atoms with Gasteiger partial charge in [-0.2, -0.15) is 0 Å². The van der Waals surface area contributed by atoms with Gasteiger partial charge in [0.25, 0.3) is 5.69 Å². The minimum Gasteiger partial charge on any atom is -0.392 e. The molecule has 0 aromatic carbocycles. The maximum absolute atomic E-state index is 10.8. The number of rotatable bonds is 4. The Balaban J connectivity index is 2.21. The molecule has 1 atom stereocenters. The van der Waals surface area contributed by atoms with Gasteiger partial charge < -0.3 is 5.11 Å². The first kappa shape index (κ1) is 11.0. The van der Waals surface area contributed by atoms with E-state index in [0.29, 0.717) is 11.6 Å². The molecule has 16 heavy (non-hydrogen) atoms. The highest BCUT2D eigenvalue weighted by Crippen LogP contribution is 2.34. The number of nitrogens with zero attached hydrogens (tertiary/aromatic N) is 2. The number of pyridine rings is 1. The predicted molar refractivity (Wildman–Crippen MR) is 58.1 cm³/mol. The first-order valence-electron chi connectivity index (χ1n) is 5.36. The van der Waals surface area contributed by atoms with Gasteiger partial charge in [0.1, 0.15) is 5.69 Å². The Labute approximate surface area is 93.3 Å². The lowest BCUT2D eigenvalue weighted by Gasteiger charge is -2.08. The summed E-state index contributed by atoms with van der Waals surface area (Å²) in [6.07, 6.45) is 3.42. The Morgan fingerprint density at radius 3 is 2.94 bits per heavy atom. The molecule has 5 heteroatoms. The SMILES string of the molecule is Cc1cnc(CC(O)C2CC2)c([N+](=O)[O-])c1. The summed E-state index contributed by atoms with van der Waals surface area (Å²) < 4.78 is 0. The second-order valence-corrected chi connectivity index (χ2v) is 4.34. The van der Waals surface area contributed by atoms with Crippen LogP contribution in [-0.4, -0.2) is 21.1 Å². The molecule has 0 amide bonds. The van der Waals surface area contributed by atoms with E-state index in [2.05, 4.69) is 4.98 Å². The van der Waals surface area contributed by atoms with E-state index < -0.39 is 11.0 Å². The number of aliphatic hydroxyl groups excluding tert-OH is 1. The lowest BCUT2D eigenvalue weighted by Crippen LogP contribution is -2.15. The summed E-state index contributed by atoms with van der Waals surface area (Å²) in [5.41, 5.74) is 1.16. The molecule has 2 rings (SSSR count). The fourth-order valence-electron chi connectivity index (χ4n) is 1.74.